The van der Waals surface area contributed by atoms with Crippen LogP contribution in [0.1, 0.15) is 64.7 Å². The van der Waals surface area contributed by atoms with E-state index in [1.165, 1.54) is 57.9 Å². The number of nitrogens with one attached hydrogen (secondary N) is 2. The second kappa shape index (κ2) is 13.6. The van der Waals surface area contributed by atoms with Crippen molar-refractivity contribution in [2.24, 2.45) is 4.99 Å². The Balaban J connectivity index is 0.00000364. The minimum atomic E-state index is 0. The highest BCUT2D eigenvalue weighted by molar-refractivity contribution is 14.0. The molecule has 0 spiro atoms. The molecule has 1 amide bonds. The van der Waals surface area contributed by atoms with Gasteiger partial charge in [-0.05, 0) is 45.6 Å². The third-order valence-corrected chi connectivity index (χ3v) is 5.67. The molecule has 27 heavy (non-hydrogen) atoms. The zero-order valence-corrected chi connectivity index (χ0v) is 19.8. The zero-order chi connectivity index (χ0) is 18.8. The Labute approximate surface area is 182 Å². The fraction of sp³-hybridized carbons (Fsp3) is 0.900. The van der Waals surface area contributed by atoms with Crippen LogP contribution in [0.5, 0.6) is 0 Å². The molecule has 0 aromatic carbocycles. The van der Waals surface area contributed by atoms with Crippen molar-refractivity contribution in [2.45, 2.75) is 76.8 Å². The average Bonchev–Trinajstić information content (AvgIpc) is 2.64. The van der Waals surface area contributed by atoms with Crippen LogP contribution in [-0.2, 0) is 4.79 Å². The van der Waals surface area contributed by atoms with Crippen molar-refractivity contribution in [2.75, 3.05) is 40.3 Å². The number of aliphatic imine (C=N–C) groups is 1. The molecule has 1 unspecified atom stereocenters. The average molecular weight is 493 g/mol. The van der Waals surface area contributed by atoms with Gasteiger partial charge in [0, 0.05) is 39.3 Å². The standard InChI is InChI=1S/C20H39N5O.HI/c1-17-10-7-8-14-25(17)15-9-13-21-20(22-16-19(26)24(2)3)23-18-11-5-4-6-12-18;/h17-18H,4-16H2,1-3H3,(H2,21,22,23);1H. The summed E-state index contributed by atoms with van der Waals surface area (Å²) in [4.78, 5) is 20.6. The number of likely N-dealkylation sites (N-methyl/N-ethyl adjacent to an activating group) is 1. The molecule has 2 fully saturated rings. The van der Waals surface area contributed by atoms with Gasteiger partial charge in [-0.2, -0.15) is 0 Å². The molecular formula is C20H40IN5O. The highest BCUT2D eigenvalue weighted by Gasteiger charge is 2.18. The number of carbonyl (C=O) groups is 1. The summed E-state index contributed by atoms with van der Waals surface area (Å²) >= 11 is 0. The Bertz CT molecular complexity index is 452. The van der Waals surface area contributed by atoms with Gasteiger partial charge in [-0.3, -0.25) is 4.79 Å². The van der Waals surface area contributed by atoms with Crippen molar-refractivity contribution >= 4 is 35.8 Å². The van der Waals surface area contributed by atoms with Gasteiger partial charge in [0.2, 0.25) is 5.91 Å². The molecule has 1 heterocycles. The molecule has 1 atom stereocenters. The second-order valence-corrected chi connectivity index (χ2v) is 8.09. The van der Waals surface area contributed by atoms with E-state index in [1.807, 2.05) is 0 Å². The number of likely N-dealkylation sites (tertiary alicyclic amines) is 1. The van der Waals surface area contributed by atoms with Gasteiger partial charge in [-0.15, -0.1) is 24.0 Å². The van der Waals surface area contributed by atoms with Gasteiger partial charge in [-0.25, -0.2) is 4.99 Å². The topological polar surface area (TPSA) is 60.0 Å². The molecule has 1 aliphatic carbocycles. The largest absolute Gasteiger partial charge is 0.356 e. The van der Waals surface area contributed by atoms with Crippen LogP contribution in [0.2, 0.25) is 0 Å². The van der Waals surface area contributed by atoms with Gasteiger partial charge in [0.1, 0.15) is 6.54 Å². The first-order valence-corrected chi connectivity index (χ1v) is 10.6. The number of hydrogen-bond donors (Lipinski definition) is 2. The van der Waals surface area contributed by atoms with E-state index >= 15 is 0 Å². The van der Waals surface area contributed by atoms with Crippen LogP contribution in [0.15, 0.2) is 4.99 Å². The zero-order valence-electron chi connectivity index (χ0n) is 17.5. The molecule has 2 N–H and O–H groups in total. The van der Waals surface area contributed by atoms with Gasteiger partial charge in [0.25, 0.3) is 0 Å². The highest BCUT2D eigenvalue weighted by atomic mass is 127. The number of carbonyl (C=O) groups excluding carboxylic acids is 1. The molecule has 0 aromatic heterocycles. The van der Waals surface area contributed by atoms with Crippen molar-refractivity contribution in [1.29, 1.82) is 0 Å². The molecule has 2 rings (SSSR count). The van der Waals surface area contributed by atoms with E-state index in [1.54, 1.807) is 19.0 Å². The summed E-state index contributed by atoms with van der Waals surface area (Å²) in [7, 11) is 3.55. The summed E-state index contributed by atoms with van der Waals surface area (Å²) in [5.41, 5.74) is 0. The SMILES string of the molecule is CC1CCCCN1CCCNC(=NCC(=O)N(C)C)NC1CCCCC1.I. The van der Waals surface area contributed by atoms with Crippen LogP contribution in [0.3, 0.4) is 0 Å². The van der Waals surface area contributed by atoms with Crippen LogP contribution in [0.4, 0.5) is 0 Å². The lowest BCUT2D eigenvalue weighted by molar-refractivity contribution is -0.127. The van der Waals surface area contributed by atoms with Crippen molar-refractivity contribution in [1.82, 2.24) is 20.4 Å². The maximum absolute atomic E-state index is 11.9. The minimum Gasteiger partial charge on any atom is -0.356 e. The van der Waals surface area contributed by atoms with Crippen LogP contribution >= 0.6 is 24.0 Å². The van der Waals surface area contributed by atoms with Crippen molar-refractivity contribution in [3.63, 3.8) is 0 Å². The van der Waals surface area contributed by atoms with E-state index in [0.717, 1.165) is 31.5 Å². The third kappa shape index (κ3) is 9.45. The molecule has 0 aromatic rings. The van der Waals surface area contributed by atoms with Gasteiger partial charge in [0.15, 0.2) is 5.96 Å². The molecule has 2 aliphatic rings. The van der Waals surface area contributed by atoms with E-state index in [-0.39, 0.29) is 36.4 Å². The van der Waals surface area contributed by atoms with E-state index in [2.05, 4.69) is 27.4 Å². The molecular weight excluding hydrogens is 453 g/mol. The first-order chi connectivity index (χ1) is 12.6. The van der Waals surface area contributed by atoms with E-state index in [9.17, 15) is 4.79 Å². The number of guanidine groups is 1. The van der Waals surface area contributed by atoms with Crippen molar-refractivity contribution < 1.29 is 4.79 Å². The fourth-order valence-electron chi connectivity index (χ4n) is 3.86. The molecule has 1 saturated heterocycles. The summed E-state index contributed by atoms with van der Waals surface area (Å²) < 4.78 is 0. The molecule has 158 valence electrons. The lowest BCUT2D eigenvalue weighted by Crippen LogP contribution is -2.46. The molecule has 6 nitrogen and oxygen atoms in total. The van der Waals surface area contributed by atoms with Crippen LogP contribution in [0, 0.1) is 0 Å². The molecule has 7 heteroatoms. The summed E-state index contributed by atoms with van der Waals surface area (Å²) in [6.45, 7) is 5.83. The number of rotatable bonds is 7. The second-order valence-electron chi connectivity index (χ2n) is 8.09. The summed E-state index contributed by atoms with van der Waals surface area (Å²) in [6, 6.07) is 1.21. The quantitative estimate of drug-likeness (QED) is 0.248. The van der Waals surface area contributed by atoms with Crippen LogP contribution in [-0.4, -0.2) is 74.0 Å². The Kier molecular flexibility index (Phi) is 12.3. The Hall–Kier alpha value is -0.570. The normalized spacial score (nSPS) is 22.0. The smallest absolute Gasteiger partial charge is 0.243 e. The summed E-state index contributed by atoms with van der Waals surface area (Å²) in [5.74, 6) is 0.843. The monoisotopic (exact) mass is 493 g/mol. The number of amides is 1. The van der Waals surface area contributed by atoms with Crippen molar-refractivity contribution in [3.05, 3.63) is 0 Å². The summed E-state index contributed by atoms with van der Waals surface area (Å²) in [5, 5.41) is 7.01. The lowest BCUT2D eigenvalue weighted by Gasteiger charge is -2.33. The predicted molar refractivity (Wildman–Crippen MR) is 124 cm³/mol. The van der Waals surface area contributed by atoms with E-state index in [4.69, 9.17) is 0 Å². The first kappa shape index (κ1) is 24.5. The maximum atomic E-state index is 11.9. The lowest BCUT2D eigenvalue weighted by atomic mass is 9.96. The Morgan fingerprint density at radius 2 is 1.81 bits per heavy atom. The predicted octanol–water partition coefficient (Wildman–Crippen LogP) is 2.83. The summed E-state index contributed by atoms with van der Waals surface area (Å²) in [6.07, 6.45) is 11.5. The number of hydrogen-bond acceptors (Lipinski definition) is 3. The molecule has 0 bridgehead atoms. The minimum absolute atomic E-state index is 0. The Morgan fingerprint density at radius 3 is 2.48 bits per heavy atom. The highest BCUT2D eigenvalue weighted by Crippen LogP contribution is 2.17. The fourth-order valence-corrected chi connectivity index (χ4v) is 3.86. The first-order valence-electron chi connectivity index (χ1n) is 10.6. The van der Waals surface area contributed by atoms with E-state index in [0.29, 0.717) is 6.04 Å². The van der Waals surface area contributed by atoms with Crippen LogP contribution < -0.4 is 10.6 Å². The maximum Gasteiger partial charge on any atom is 0.243 e. The van der Waals surface area contributed by atoms with E-state index < -0.39 is 0 Å². The van der Waals surface area contributed by atoms with Gasteiger partial charge in [-0.1, -0.05) is 25.7 Å². The van der Waals surface area contributed by atoms with Crippen LogP contribution in [0.25, 0.3) is 0 Å². The molecule has 1 saturated carbocycles. The third-order valence-electron chi connectivity index (χ3n) is 5.67. The van der Waals surface area contributed by atoms with Gasteiger partial charge < -0.3 is 20.4 Å². The van der Waals surface area contributed by atoms with Crippen molar-refractivity contribution in [3.8, 4) is 0 Å². The van der Waals surface area contributed by atoms with Gasteiger partial charge in [0.05, 0.1) is 0 Å². The molecule has 0 radical (unpaired) electrons. The Morgan fingerprint density at radius 1 is 1.11 bits per heavy atom. The van der Waals surface area contributed by atoms with Gasteiger partial charge >= 0.3 is 0 Å². The molecule has 1 aliphatic heterocycles. The number of halogens is 1. The number of nitrogens with zero attached hydrogens (tertiary/aromatic N) is 3. The number of piperidine rings is 1.